The molecule has 3 nitrogen and oxygen atoms in total. The number of carbonyl (C=O) groups excluding carboxylic acids is 1. The van der Waals surface area contributed by atoms with Crippen LogP contribution in [0.25, 0.3) is 0 Å². The van der Waals surface area contributed by atoms with Crippen LogP contribution in [0.1, 0.15) is 5.56 Å². The maximum absolute atomic E-state index is 11.5. The van der Waals surface area contributed by atoms with Crippen molar-refractivity contribution in [3.05, 3.63) is 29.8 Å². The molecule has 0 bridgehead atoms. The third kappa shape index (κ3) is 1.77. The second-order valence-electron chi connectivity index (χ2n) is 3.44. The minimum Gasteiger partial charge on any atom is -0.370 e. The van der Waals surface area contributed by atoms with E-state index >= 15 is 0 Å². The first kappa shape index (κ1) is 9.21. The van der Waals surface area contributed by atoms with Gasteiger partial charge in [0.2, 0.25) is 0 Å². The molecule has 0 aromatic heterocycles. The minimum atomic E-state index is 0.0434. The Morgan fingerprint density at radius 1 is 1.43 bits per heavy atom. The van der Waals surface area contributed by atoms with Gasteiger partial charge in [0, 0.05) is 12.2 Å². The van der Waals surface area contributed by atoms with Crippen LogP contribution in [0.4, 0.5) is 5.69 Å². The van der Waals surface area contributed by atoms with Crippen LogP contribution in [0.3, 0.4) is 0 Å². The molecular weight excluding hydrogens is 178 g/mol. The van der Waals surface area contributed by atoms with Gasteiger partial charge in [-0.3, -0.25) is 4.79 Å². The number of aryl methyl sites for hydroxylation is 1. The van der Waals surface area contributed by atoms with Gasteiger partial charge < -0.3 is 9.64 Å². The molecular formula is C11H13NO2. The zero-order valence-corrected chi connectivity index (χ0v) is 8.19. The maximum Gasteiger partial charge on any atom is 0.253 e. The third-order valence-corrected chi connectivity index (χ3v) is 2.30. The van der Waals surface area contributed by atoms with Gasteiger partial charge in [0.05, 0.1) is 6.61 Å². The summed E-state index contributed by atoms with van der Waals surface area (Å²) in [6.07, 6.45) is 0. The number of hydrogen-bond acceptors (Lipinski definition) is 2. The van der Waals surface area contributed by atoms with Crippen LogP contribution < -0.4 is 4.90 Å². The summed E-state index contributed by atoms with van der Waals surface area (Å²) < 4.78 is 5.07. The largest absolute Gasteiger partial charge is 0.370 e. The Hall–Kier alpha value is -1.35. The van der Waals surface area contributed by atoms with E-state index in [9.17, 15) is 4.79 Å². The second kappa shape index (κ2) is 3.80. The topological polar surface area (TPSA) is 29.5 Å². The Kier molecular flexibility index (Phi) is 2.50. The first-order valence-corrected chi connectivity index (χ1v) is 4.72. The van der Waals surface area contributed by atoms with E-state index in [0.717, 1.165) is 5.69 Å². The number of carbonyl (C=O) groups is 1. The molecule has 0 aliphatic carbocycles. The predicted molar refractivity (Wildman–Crippen MR) is 54.4 cm³/mol. The van der Waals surface area contributed by atoms with Crippen molar-refractivity contribution in [2.45, 2.75) is 6.92 Å². The number of nitrogens with zero attached hydrogens (tertiary/aromatic N) is 1. The number of anilines is 1. The van der Waals surface area contributed by atoms with Crippen LogP contribution >= 0.6 is 0 Å². The molecule has 14 heavy (non-hydrogen) atoms. The Labute approximate surface area is 83.3 Å². The quantitative estimate of drug-likeness (QED) is 0.670. The third-order valence-electron chi connectivity index (χ3n) is 2.30. The molecule has 1 aromatic carbocycles. The molecule has 1 heterocycles. The van der Waals surface area contributed by atoms with Gasteiger partial charge in [-0.25, -0.2) is 0 Å². The highest BCUT2D eigenvalue weighted by Gasteiger charge is 2.19. The number of amides is 1. The average molecular weight is 191 g/mol. The summed E-state index contributed by atoms with van der Waals surface area (Å²) in [5.41, 5.74) is 2.14. The van der Waals surface area contributed by atoms with Crippen LogP contribution in [0.5, 0.6) is 0 Å². The summed E-state index contributed by atoms with van der Waals surface area (Å²) in [7, 11) is 0. The molecule has 1 fully saturated rings. The van der Waals surface area contributed by atoms with E-state index < -0.39 is 0 Å². The predicted octanol–water partition coefficient (Wildman–Crippen LogP) is 1.36. The van der Waals surface area contributed by atoms with Crippen LogP contribution in [-0.4, -0.2) is 25.7 Å². The monoisotopic (exact) mass is 191 g/mol. The Morgan fingerprint density at radius 3 is 3.00 bits per heavy atom. The summed E-state index contributed by atoms with van der Waals surface area (Å²) in [6, 6.07) is 7.96. The molecule has 0 atom stereocenters. The second-order valence-corrected chi connectivity index (χ2v) is 3.44. The lowest BCUT2D eigenvalue weighted by molar-refractivity contribution is -0.125. The lowest BCUT2D eigenvalue weighted by Crippen LogP contribution is -2.41. The van der Waals surface area contributed by atoms with Crippen LogP contribution in [-0.2, 0) is 9.53 Å². The van der Waals surface area contributed by atoms with Gasteiger partial charge in [-0.1, -0.05) is 12.1 Å². The van der Waals surface area contributed by atoms with Crippen molar-refractivity contribution in [1.29, 1.82) is 0 Å². The van der Waals surface area contributed by atoms with Gasteiger partial charge in [-0.05, 0) is 24.6 Å². The van der Waals surface area contributed by atoms with Crippen molar-refractivity contribution in [3.63, 3.8) is 0 Å². The van der Waals surface area contributed by atoms with Gasteiger partial charge in [0.1, 0.15) is 6.61 Å². The smallest absolute Gasteiger partial charge is 0.253 e. The van der Waals surface area contributed by atoms with Crippen LogP contribution in [0.15, 0.2) is 24.3 Å². The molecule has 1 aliphatic rings. The average Bonchev–Trinajstić information content (AvgIpc) is 2.18. The zero-order chi connectivity index (χ0) is 9.97. The molecule has 0 spiro atoms. The van der Waals surface area contributed by atoms with Crippen LogP contribution in [0.2, 0.25) is 0 Å². The molecule has 1 saturated heterocycles. The van der Waals surface area contributed by atoms with Gasteiger partial charge in [0.15, 0.2) is 0 Å². The van der Waals surface area contributed by atoms with E-state index in [2.05, 4.69) is 0 Å². The highest BCUT2D eigenvalue weighted by Crippen LogP contribution is 2.17. The van der Waals surface area contributed by atoms with E-state index in [1.165, 1.54) is 5.56 Å². The molecule has 74 valence electrons. The van der Waals surface area contributed by atoms with Gasteiger partial charge in [-0.15, -0.1) is 0 Å². The summed E-state index contributed by atoms with van der Waals surface area (Å²) in [4.78, 5) is 13.3. The van der Waals surface area contributed by atoms with E-state index in [-0.39, 0.29) is 12.5 Å². The normalized spacial score (nSPS) is 17.2. The van der Waals surface area contributed by atoms with Crippen LogP contribution in [0, 0.1) is 6.92 Å². The minimum absolute atomic E-state index is 0.0434. The van der Waals surface area contributed by atoms with Crippen molar-refractivity contribution in [2.24, 2.45) is 0 Å². The highest BCUT2D eigenvalue weighted by atomic mass is 16.5. The number of ether oxygens (including phenoxy) is 1. The van der Waals surface area contributed by atoms with E-state index in [1.54, 1.807) is 4.90 Å². The van der Waals surface area contributed by atoms with Crippen molar-refractivity contribution < 1.29 is 9.53 Å². The molecule has 0 radical (unpaired) electrons. The fraction of sp³-hybridized carbons (Fsp3) is 0.364. The van der Waals surface area contributed by atoms with Gasteiger partial charge in [0.25, 0.3) is 5.91 Å². The fourth-order valence-corrected chi connectivity index (χ4v) is 1.59. The highest BCUT2D eigenvalue weighted by molar-refractivity contribution is 5.94. The SMILES string of the molecule is Cc1cccc(N2CCOCC2=O)c1. The molecule has 3 heteroatoms. The lowest BCUT2D eigenvalue weighted by Gasteiger charge is -2.26. The molecule has 2 rings (SSSR count). The van der Waals surface area contributed by atoms with E-state index in [4.69, 9.17) is 4.74 Å². The Balaban J connectivity index is 2.24. The Morgan fingerprint density at radius 2 is 2.29 bits per heavy atom. The fourth-order valence-electron chi connectivity index (χ4n) is 1.59. The summed E-state index contributed by atoms with van der Waals surface area (Å²) in [5, 5.41) is 0. The summed E-state index contributed by atoms with van der Waals surface area (Å²) in [6.45, 7) is 3.50. The molecule has 1 amide bonds. The van der Waals surface area contributed by atoms with E-state index in [0.29, 0.717) is 13.2 Å². The van der Waals surface area contributed by atoms with Crippen molar-refractivity contribution in [1.82, 2.24) is 0 Å². The molecule has 1 aliphatic heterocycles. The lowest BCUT2D eigenvalue weighted by atomic mass is 10.2. The summed E-state index contributed by atoms with van der Waals surface area (Å²) in [5.74, 6) is 0.0434. The van der Waals surface area contributed by atoms with E-state index in [1.807, 2.05) is 31.2 Å². The first-order chi connectivity index (χ1) is 6.77. The summed E-state index contributed by atoms with van der Waals surface area (Å²) >= 11 is 0. The van der Waals surface area contributed by atoms with Crippen molar-refractivity contribution in [2.75, 3.05) is 24.7 Å². The van der Waals surface area contributed by atoms with Crippen molar-refractivity contribution >= 4 is 11.6 Å². The molecule has 0 saturated carbocycles. The maximum atomic E-state index is 11.5. The zero-order valence-electron chi connectivity index (χ0n) is 8.19. The van der Waals surface area contributed by atoms with Gasteiger partial charge >= 0.3 is 0 Å². The van der Waals surface area contributed by atoms with Gasteiger partial charge in [-0.2, -0.15) is 0 Å². The van der Waals surface area contributed by atoms with Crippen molar-refractivity contribution in [3.8, 4) is 0 Å². The Bertz CT molecular complexity index is 349. The molecule has 1 aromatic rings. The molecule has 0 N–H and O–H groups in total. The number of hydrogen-bond donors (Lipinski definition) is 0. The first-order valence-electron chi connectivity index (χ1n) is 4.72. The number of rotatable bonds is 1. The number of morpholine rings is 1. The standard InChI is InChI=1S/C11H13NO2/c1-9-3-2-4-10(7-9)12-5-6-14-8-11(12)13/h2-4,7H,5-6,8H2,1H3. The number of benzene rings is 1. The molecule has 0 unspecified atom stereocenters.